The van der Waals surface area contributed by atoms with Gasteiger partial charge in [-0.3, -0.25) is 14.9 Å². The molecule has 0 spiro atoms. The third-order valence-electron chi connectivity index (χ3n) is 6.09. The fourth-order valence-corrected chi connectivity index (χ4v) is 4.66. The summed E-state index contributed by atoms with van der Waals surface area (Å²) in [4.78, 5) is 37.5. The zero-order chi connectivity index (χ0) is 23.8. The van der Waals surface area contributed by atoms with Crippen LogP contribution in [0.3, 0.4) is 0 Å². The maximum absolute atomic E-state index is 13.3. The number of dihydropyridines is 1. The van der Waals surface area contributed by atoms with Crippen molar-refractivity contribution in [2.45, 2.75) is 46.1 Å². The lowest BCUT2D eigenvalue weighted by Gasteiger charge is -2.39. The fourth-order valence-electron chi connectivity index (χ4n) is 4.66. The molecular weight excluding hydrogens is 420 g/mol. The highest BCUT2D eigenvalue weighted by Crippen LogP contribution is 2.47. The van der Waals surface area contributed by atoms with E-state index < -0.39 is 16.8 Å². The highest BCUT2D eigenvalue weighted by Gasteiger charge is 2.43. The first-order chi connectivity index (χ1) is 15.7. The Hall–Kier alpha value is -3.74. The molecule has 2 aliphatic rings. The summed E-state index contributed by atoms with van der Waals surface area (Å²) in [5.41, 5.74) is 3.21. The number of non-ortho nitro benzene ring substituents is 1. The van der Waals surface area contributed by atoms with Gasteiger partial charge in [-0.05, 0) is 29.9 Å². The van der Waals surface area contributed by atoms with Crippen molar-refractivity contribution >= 4 is 17.4 Å². The van der Waals surface area contributed by atoms with Crippen LogP contribution in [0.1, 0.15) is 50.7 Å². The minimum atomic E-state index is -0.729. The number of ketones is 1. The lowest BCUT2D eigenvalue weighted by atomic mass is 9.68. The third-order valence-corrected chi connectivity index (χ3v) is 6.09. The minimum Gasteiger partial charge on any atom is -0.457 e. The molecule has 0 saturated carbocycles. The van der Waals surface area contributed by atoms with Crippen LogP contribution in [0.4, 0.5) is 5.69 Å². The van der Waals surface area contributed by atoms with Gasteiger partial charge in [0.25, 0.3) is 5.69 Å². The van der Waals surface area contributed by atoms with Crippen LogP contribution in [0, 0.1) is 15.5 Å². The molecule has 2 aromatic rings. The van der Waals surface area contributed by atoms with Crippen molar-refractivity contribution in [1.29, 1.82) is 0 Å². The van der Waals surface area contributed by atoms with Gasteiger partial charge in [0.15, 0.2) is 5.78 Å². The number of nitro groups is 1. The minimum absolute atomic E-state index is 0.0638. The normalized spacial score (nSPS) is 19.6. The smallest absolute Gasteiger partial charge is 0.337 e. The third kappa shape index (κ3) is 4.58. The summed E-state index contributed by atoms with van der Waals surface area (Å²) in [5.74, 6) is -1.34. The fraction of sp³-hybridized carbons (Fsp3) is 0.308. The number of esters is 1. The van der Waals surface area contributed by atoms with Crippen molar-refractivity contribution in [2.75, 3.05) is 0 Å². The molecule has 7 heteroatoms. The molecule has 0 unspecified atom stereocenters. The number of carbonyl (C=O) groups is 2. The summed E-state index contributed by atoms with van der Waals surface area (Å²) in [7, 11) is 0. The van der Waals surface area contributed by atoms with Gasteiger partial charge in [0.05, 0.1) is 10.5 Å². The molecule has 1 atom stereocenters. The Balaban J connectivity index is 1.77. The molecule has 0 bridgehead atoms. The summed E-state index contributed by atoms with van der Waals surface area (Å²) < 4.78 is 5.62. The van der Waals surface area contributed by atoms with Crippen LogP contribution in [0.2, 0.25) is 0 Å². The Bertz CT molecular complexity index is 1190. The molecule has 7 nitrogen and oxygen atoms in total. The van der Waals surface area contributed by atoms with Gasteiger partial charge in [0.2, 0.25) is 0 Å². The van der Waals surface area contributed by atoms with Crippen LogP contribution in [0.5, 0.6) is 0 Å². The maximum Gasteiger partial charge on any atom is 0.337 e. The molecule has 4 rings (SSSR count). The molecule has 0 saturated heterocycles. The maximum atomic E-state index is 13.3. The SMILES string of the molecule is CC1=C(C(=O)OCc2ccccc2)[C@@H](c2cccc([N+](=O)[O-])c2)C2=C(CC(C)(C)CC2=O)N1. The van der Waals surface area contributed by atoms with E-state index in [0.717, 1.165) is 11.3 Å². The Labute approximate surface area is 192 Å². The number of nitrogens with one attached hydrogen (secondary N) is 1. The number of hydrogen-bond donors (Lipinski definition) is 1. The second-order valence-corrected chi connectivity index (χ2v) is 9.34. The monoisotopic (exact) mass is 446 g/mol. The van der Waals surface area contributed by atoms with Crippen molar-refractivity contribution in [3.63, 3.8) is 0 Å². The van der Waals surface area contributed by atoms with Crippen LogP contribution in [0.15, 0.2) is 77.1 Å². The van der Waals surface area contributed by atoms with Gasteiger partial charge in [-0.1, -0.05) is 56.3 Å². The molecule has 1 N–H and O–H groups in total. The lowest BCUT2D eigenvalue weighted by Crippen LogP contribution is -2.38. The quantitative estimate of drug-likeness (QED) is 0.397. The molecule has 0 amide bonds. The second kappa shape index (κ2) is 8.65. The molecular formula is C26H26N2O5. The van der Waals surface area contributed by atoms with Gasteiger partial charge in [-0.2, -0.15) is 0 Å². The number of allylic oxidation sites excluding steroid dienone is 3. The van der Waals surface area contributed by atoms with E-state index >= 15 is 0 Å². The summed E-state index contributed by atoms with van der Waals surface area (Å²) in [5, 5.41) is 14.7. The van der Waals surface area contributed by atoms with Crippen molar-refractivity contribution in [1.82, 2.24) is 5.32 Å². The summed E-state index contributed by atoms with van der Waals surface area (Å²) in [6.07, 6.45) is 0.980. The second-order valence-electron chi connectivity index (χ2n) is 9.34. The number of ether oxygens (including phenoxy) is 1. The van der Waals surface area contributed by atoms with Gasteiger partial charge in [0.1, 0.15) is 6.61 Å². The van der Waals surface area contributed by atoms with Crippen molar-refractivity contribution in [3.8, 4) is 0 Å². The van der Waals surface area contributed by atoms with E-state index in [1.54, 1.807) is 19.1 Å². The van der Waals surface area contributed by atoms with Crippen LogP contribution in [-0.4, -0.2) is 16.7 Å². The Kier molecular flexibility index (Phi) is 5.89. The number of benzene rings is 2. The predicted molar refractivity (Wildman–Crippen MR) is 123 cm³/mol. The molecule has 0 aromatic heterocycles. The first kappa shape index (κ1) is 22.5. The number of carbonyl (C=O) groups excluding carboxylic acids is 2. The molecule has 1 aliphatic heterocycles. The van der Waals surface area contributed by atoms with E-state index in [0.29, 0.717) is 35.2 Å². The largest absolute Gasteiger partial charge is 0.457 e. The number of nitro benzene ring substituents is 1. The van der Waals surface area contributed by atoms with Gasteiger partial charge in [0, 0.05) is 41.4 Å². The zero-order valence-corrected chi connectivity index (χ0v) is 18.9. The van der Waals surface area contributed by atoms with E-state index in [1.807, 2.05) is 44.2 Å². The van der Waals surface area contributed by atoms with Crippen molar-refractivity contribution in [2.24, 2.45) is 5.41 Å². The van der Waals surface area contributed by atoms with Crippen LogP contribution >= 0.6 is 0 Å². The first-order valence-corrected chi connectivity index (χ1v) is 10.9. The number of nitrogens with zero attached hydrogens (tertiary/aromatic N) is 1. The van der Waals surface area contributed by atoms with Gasteiger partial charge in [-0.25, -0.2) is 4.79 Å². The molecule has 0 radical (unpaired) electrons. The Morgan fingerprint density at radius 2 is 1.88 bits per heavy atom. The van der Waals surface area contributed by atoms with E-state index in [-0.39, 0.29) is 23.5 Å². The lowest BCUT2D eigenvalue weighted by molar-refractivity contribution is -0.384. The topological polar surface area (TPSA) is 98.5 Å². The predicted octanol–water partition coefficient (Wildman–Crippen LogP) is 4.94. The van der Waals surface area contributed by atoms with Crippen LogP contribution in [-0.2, 0) is 20.9 Å². The zero-order valence-electron chi connectivity index (χ0n) is 18.9. The molecule has 33 heavy (non-hydrogen) atoms. The van der Waals surface area contributed by atoms with Crippen molar-refractivity contribution in [3.05, 3.63) is 98.4 Å². The van der Waals surface area contributed by atoms with Crippen LogP contribution in [0.25, 0.3) is 0 Å². The van der Waals surface area contributed by atoms with E-state index in [1.165, 1.54) is 12.1 Å². The Morgan fingerprint density at radius 3 is 2.58 bits per heavy atom. The number of Topliss-reactive ketones (excluding diaryl/α,β-unsaturated/α-hetero) is 1. The van der Waals surface area contributed by atoms with Gasteiger partial charge < -0.3 is 10.1 Å². The van der Waals surface area contributed by atoms with Crippen LogP contribution < -0.4 is 5.32 Å². The van der Waals surface area contributed by atoms with Crippen molar-refractivity contribution < 1.29 is 19.2 Å². The van der Waals surface area contributed by atoms with E-state index in [9.17, 15) is 19.7 Å². The standard InChI is InChI=1S/C26H26N2O5/c1-16-22(25(30)33-15-17-8-5-4-6-9-17)23(18-10-7-11-19(12-18)28(31)32)24-20(27-16)13-26(2,3)14-21(24)29/h4-12,23,27H,13-15H2,1-3H3/t23-/m1/s1. The summed E-state index contributed by atoms with van der Waals surface area (Å²) in [6, 6.07) is 15.5. The molecule has 2 aromatic carbocycles. The van der Waals surface area contributed by atoms with Gasteiger partial charge >= 0.3 is 5.97 Å². The average molecular weight is 447 g/mol. The Morgan fingerprint density at radius 1 is 1.15 bits per heavy atom. The summed E-state index contributed by atoms with van der Waals surface area (Å²) >= 11 is 0. The highest BCUT2D eigenvalue weighted by molar-refractivity contribution is 6.04. The van der Waals surface area contributed by atoms with E-state index in [4.69, 9.17) is 4.74 Å². The molecule has 1 heterocycles. The average Bonchev–Trinajstić information content (AvgIpc) is 2.76. The highest BCUT2D eigenvalue weighted by atomic mass is 16.6. The first-order valence-electron chi connectivity index (χ1n) is 10.9. The molecule has 0 fully saturated rings. The van der Waals surface area contributed by atoms with E-state index in [2.05, 4.69) is 5.32 Å². The molecule has 170 valence electrons. The molecule has 1 aliphatic carbocycles. The number of hydrogen-bond acceptors (Lipinski definition) is 6. The summed E-state index contributed by atoms with van der Waals surface area (Å²) in [6.45, 7) is 5.92. The number of rotatable bonds is 5. The van der Waals surface area contributed by atoms with Gasteiger partial charge in [-0.15, -0.1) is 0 Å².